The van der Waals surface area contributed by atoms with Gasteiger partial charge < -0.3 is 4.74 Å². The SMILES string of the molecule is Cc1cc(COc2nc(C)n(-c3cccc(-c4nc(C(C)C)ncc4C)c3)c(=O)c2C)cs1. The van der Waals surface area contributed by atoms with E-state index in [1.54, 1.807) is 22.8 Å². The summed E-state index contributed by atoms with van der Waals surface area (Å²) >= 11 is 1.68. The van der Waals surface area contributed by atoms with E-state index in [0.717, 1.165) is 33.9 Å². The van der Waals surface area contributed by atoms with Crippen LogP contribution in [0.2, 0.25) is 0 Å². The normalized spacial score (nSPS) is 11.2. The fourth-order valence-corrected chi connectivity index (χ4v) is 4.37. The summed E-state index contributed by atoms with van der Waals surface area (Å²) in [5.74, 6) is 1.98. The molecule has 3 aromatic heterocycles. The van der Waals surface area contributed by atoms with Gasteiger partial charge in [-0.1, -0.05) is 26.0 Å². The minimum absolute atomic E-state index is 0.140. The zero-order chi connectivity index (χ0) is 23.7. The zero-order valence-corrected chi connectivity index (χ0v) is 20.7. The highest BCUT2D eigenvalue weighted by atomic mass is 32.1. The molecule has 0 saturated carbocycles. The highest BCUT2D eigenvalue weighted by Gasteiger charge is 2.16. The monoisotopic (exact) mass is 460 g/mol. The Bertz CT molecular complexity index is 1370. The van der Waals surface area contributed by atoms with Crippen LogP contribution >= 0.6 is 11.3 Å². The van der Waals surface area contributed by atoms with E-state index in [0.29, 0.717) is 23.9 Å². The van der Waals surface area contributed by atoms with E-state index in [9.17, 15) is 4.79 Å². The van der Waals surface area contributed by atoms with E-state index in [2.05, 4.69) is 42.2 Å². The van der Waals surface area contributed by atoms with Gasteiger partial charge in [-0.3, -0.25) is 9.36 Å². The molecule has 0 aliphatic carbocycles. The van der Waals surface area contributed by atoms with Gasteiger partial charge in [0.2, 0.25) is 5.88 Å². The largest absolute Gasteiger partial charge is 0.472 e. The van der Waals surface area contributed by atoms with Gasteiger partial charge in [0, 0.05) is 28.1 Å². The third-order valence-electron chi connectivity index (χ3n) is 5.48. The molecule has 6 nitrogen and oxygen atoms in total. The van der Waals surface area contributed by atoms with Crippen molar-refractivity contribution in [3.05, 3.63) is 85.5 Å². The van der Waals surface area contributed by atoms with Crippen molar-refractivity contribution >= 4 is 11.3 Å². The van der Waals surface area contributed by atoms with Crippen LogP contribution in [0.3, 0.4) is 0 Å². The van der Waals surface area contributed by atoms with Crippen LogP contribution in [0.15, 0.2) is 46.7 Å². The number of nitrogens with zero attached hydrogens (tertiary/aromatic N) is 4. The van der Waals surface area contributed by atoms with Crippen molar-refractivity contribution < 1.29 is 4.74 Å². The summed E-state index contributed by atoms with van der Waals surface area (Å²) in [6, 6.07) is 9.91. The Hall–Kier alpha value is -3.32. The molecule has 0 bridgehead atoms. The van der Waals surface area contributed by atoms with Crippen LogP contribution in [0.1, 0.15) is 53.0 Å². The molecule has 7 heteroatoms. The molecule has 0 amide bonds. The fraction of sp³-hybridized carbons (Fsp3) is 0.308. The Labute approximate surface area is 198 Å². The number of aromatic nitrogens is 4. The number of thiophene rings is 1. The summed E-state index contributed by atoms with van der Waals surface area (Å²) in [7, 11) is 0. The smallest absolute Gasteiger partial charge is 0.264 e. The molecule has 33 heavy (non-hydrogen) atoms. The first-order chi connectivity index (χ1) is 15.7. The van der Waals surface area contributed by atoms with Gasteiger partial charge in [0.1, 0.15) is 18.3 Å². The van der Waals surface area contributed by atoms with Crippen LogP contribution in [-0.2, 0) is 6.61 Å². The van der Waals surface area contributed by atoms with Gasteiger partial charge in [-0.2, -0.15) is 4.98 Å². The predicted octanol–water partition coefficient (Wildman–Crippen LogP) is 5.69. The summed E-state index contributed by atoms with van der Waals surface area (Å²) in [6.07, 6.45) is 1.86. The van der Waals surface area contributed by atoms with Crippen molar-refractivity contribution in [3.8, 4) is 22.8 Å². The summed E-state index contributed by atoms with van der Waals surface area (Å²) < 4.78 is 7.52. The summed E-state index contributed by atoms with van der Waals surface area (Å²) in [5, 5.41) is 2.06. The Kier molecular flexibility index (Phi) is 6.42. The first-order valence-electron chi connectivity index (χ1n) is 11.0. The minimum atomic E-state index is -0.140. The maximum absolute atomic E-state index is 13.3. The van der Waals surface area contributed by atoms with E-state index in [-0.39, 0.29) is 11.5 Å². The lowest BCUT2D eigenvalue weighted by Crippen LogP contribution is -2.25. The quantitative estimate of drug-likeness (QED) is 0.370. The van der Waals surface area contributed by atoms with Gasteiger partial charge in [0.25, 0.3) is 5.56 Å². The average molecular weight is 461 g/mol. The highest BCUT2D eigenvalue weighted by molar-refractivity contribution is 7.10. The number of benzene rings is 1. The first kappa shape index (κ1) is 22.9. The van der Waals surface area contributed by atoms with Crippen LogP contribution in [0.25, 0.3) is 16.9 Å². The first-order valence-corrected chi connectivity index (χ1v) is 11.8. The molecular formula is C26H28N4O2S. The number of aryl methyl sites for hydroxylation is 3. The second-order valence-corrected chi connectivity index (χ2v) is 9.66. The molecule has 0 fully saturated rings. The van der Waals surface area contributed by atoms with E-state index in [1.807, 2.05) is 44.3 Å². The third kappa shape index (κ3) is 4.73. The lowest BCUT2D eigenvalue weighted by atomic mass is 10.1. The average Bonchev–Trinajstić information content (AvgIpc) is 3.21. The van der Waals surface area contributed by atoms with Gasteiger partial charge in [-0.05, 0) is 56.8 Å². The van der Waals surface area contributed by atoms with Gasteiger partial charge in [0.05, 0.1) is 16.9 Å². The summed E-state index contributed by atoms with van der Waals surface area (Å²) in [4.78, 5) is 28.4. The van der Waals surface area contributed by atoms with Crippen LogP contribution < -0.4 is 10.3 Å². The topological polar surface area (TPSA) is 69.9 Å². The summed E-state index contributed by atoms with van der Waals surface area (Å²) in [6.45, 7) is 12.2. The molecule has 3 heterocycles. The molecular weight excluding hydrogens is 432 g/mol. The van der Waals surface area contributed by atoms with Gasteiger partial charge in [-0.25, -0.2) is 9.97 Å². The van der Waals surface area contributed by atoms with E-state index >= 15 is 0 Å². The fourth-order valence-electron chi connectivity index (χ4n) is 3.68. The standard InChI is InChI=1S/C26H28N4O2S/c1-15(2)24-27-12-16(3)23(29-24)21-8-7-9-22(11-21)30-19(6)28-25(18(5)26(30)31)32-13-20-10-17(4)33-14-20/h7-12,14-15H,13H2,1-6H3. The maximum Gasteiger partial charge on any atom is 0.264 e. The lowest BCUT2D eigenvalue weighted by Gasteiger charge is -2.15. The van der Waals surface area contributed by atoms with E-state index in [4.69, 9.17) is 9.72 Å². The van der Waals surface area contributed by atoms with Gasteiger partial charge in [0.15, 0.2) is 0 Å². The molecule has 0 atom stereocenters. The third-order valence-corrected chi connectivity index (χ3v) is 6.39. The molecule has 0 aliphatic heterocycles. The van der Waals surface area contributed by atoms with Crippen LogP contribution in [0.4, 0.5) is 0 Å². The van der Waals surface area contributed by atoms with Crippen LogP contribution in [0.5, 0.6) is 5.88 Å². The minimum Gasteiger partial charge on any atom is -0.472 e. The van der Waals surface area contributed by atoms with Gasteiger partial charge in [-0.15, -0.1) is 11.3 Å². The molecule has 0 saturated heterocycles. The maximum atomic E-state index is 13.3. The molecule has 0 aliphatic rings. The predicted molar refractivity (Wildman–Crippen MR) is 133 cm³/mol. The Balaban J connectivity index is 1.71. The van der Waals surface area contributed by atoms with Crippen LogP contribution in [-0.4, -0.2) is 19.5 Å². The number of ether oxygens (including phenoxy) is 1. The molecule has 4 rings (SSSR count). The number of hydrogen-bond acceptors (Lipinski definition) is 6. The lowest BCUT2D eigenvalue weighted by molar-refractivity contribution is 0.289. The number of rotatable bonds is 6. The summed E-state index contributed by atoms with van der Waals surface area (Å²) in [5.41, 5.74) is 4.96. The van der Waals surface area contributed by atoms with Crippen molar-refractivity contribution in [1.82, 2.24) is 19.5 Å². The molecule has 4 aromatic rings. The zero-order valence-electron chi connectivity index (χ0n) is 19.8. The highest BCUT2D eigenvalue weighted by Crippen LogP contribution is 2.25. The Morgan fingerprint density at radius 3 is 2.58 bits per heavy atom. The molecule has 0 N–H and O–H groups in total. The molecule has 0 unspecified atom stereocenters. The second-order valence-electron chi connectivity index (χ2n) is 8.55. The number of hydrogen-bond donors (Lipinski definition) is 0. The van der Waals surface area contributed by atoms with Crippen LogP contribution in [0, 0.1) is 27.7 Å². The van der Waals surface area contributed by atoms with Crippen molar-refractivity contribution in [1.29, 1.82) is 0 Å². The second kappa shape index (κ2) is 9.27. The van der Waals surface area contributed by atoms with Gasteiger partial charge >= 0.3 is 0 Å². The molecule has 0 spiro atoms. The van der Waals surface area contributed by atoms with Crippen molar-refractivity contribution in [2.75, 3.05) is 0 Å². The molecule has 1 aromatic carbocycles. The van der Waals surface area contributed by atoms with Crippen molar-refractivity contribution in [2.24, 2.45) is 0 Å². The molecule has 170 valence electrons. The van der Waals surface area contributed by atoms with Crippen molar-refractivity contribution in [3.63, 3.8) is 0 Å². The Morgan fingerprint density at radius 1 is 1.09 bits per heavy atom. The molecule has 0 radical (unpaired) electrons. The van der Waals surface area contributed by atoms with E-state index in [1.165, 1.54) is 4.88 Å². The van der Waals surface area contributed by atoms with E-state index < -0.39 is 0 Å². The van der Waals surface area contributed by atoms with Crippen molar-refractivity contribution in [2.45, 2.75) is 54.1 Å². The Morgan fingerprint density at radius 2 is 1.88 bits per heavy atom.